The van der Waals surface area contributed by atoms with Crippen LogP contribution in [0.5, 0.6) is 0 Å². The summed E-state index contributed by atoms with van der Waals surface area (Å²) in [6, 6.07) is 4.30. The molecule has 0 atom stereocenters. The lowest BCUT2D eigenvalue weighted by Gasteiger charge is -2.21. The van der Waals surface area contributed by atoms with Crippen LogP contribution in [-0.2, 0) is 6.42 Å². The van der Waals surface area contributed by atoms with E-state index < -0.39 is 0 Å². The second-order valence-electron chi connectivity index (χ2n) is 4.35. The summed E-state index contributed by atoms with van der Waals surface area (Å²) in [7, 11) is 2.10. The molecule has 0 amide bonds. The zero-order valence-electron chi connectivity index (χ0n) is 12.9. The summed E-state index contributed by atoms with van der Waals surface area (Å²) in [5, 5.41) is 5.48. The highest BCUT2D eigenvalue weighted by Gasteiger charge is 2.05. The third kappa shape index (κ3) is 9.42. The van der Waals surface area contributed by atoms with E-state index in [1.165, 1.54) is 4.88 Å². The standard InChI is InChI=1S/C15H25N3S2.HI/c1-4-11-19-13-9-17-15(16-5-2)18(3)10-8-14-7-6-12-20-14;/h4,6-7,12H,1,5,8-11,13H2,2-3H3,(H,16,17);1H. The molecule has 1 rings (SSSR count). The molecule has 120 valence electrons. The Morgan fingerprint density at radius 1 is 1.57 bits per heavy atom. The van der Waals surface area contributed by atoms with E-state index in [2.05, 4.69) is 53.3 Å². The Morgan fingerprint density at radius 2 is 2.38 bits per heavy atom. The first-order valence-corrected chi connectivity index (χ1v) is 9.01. The highest BCUT2D eigenvalue weighted by atomic mass is 127. The van der Waals surface area contributed by atoms with E-state index in [1.54, 1.807) is 0 Å². The van der Waals surface area contributed by atoms with Gasteiger partial charge in [-0.2, -0.15) is 11.8 Å². The topological polar surface area (TPSA) is 27.6 Å². The van der Waals surface area contributed by atoms with Crippen LogP contribution in [0.4, 0.5) is 0 Å². The van der Waals surface area contributed by atoms with E-state index in [9.17, 15) is 0 Å². The van der Waals surface area contributed by atoms with Gasteiger partial charge >= 0.3 is 0 Å². The second kappa shape index (κ2) is 13.5. The third-order valence-electron chi connectivity index (χ3n) is 2.70. The van der Waals surface area contributed by atoms with Crippen LogP contribution in [0.2, 0.25) is 0 Å². The van der Waals surface area contributed by atoms with Crippen LogP contribution in [0.15, 0.2) is 35.2 Å². The lowest BCUT2D eigenvalue weighted by molar-refractivity contribution is 0.487. The highest BCUT2D eigenvalue weighted by Crippen LogP contribution is 2.09. The SMILES string of the molecule is C=CCSCCN=C(NCC)N(C)CCc1cccs1.I. The van der Waals surface area contributed by atoms with E-state index in [0.29, 0.717) is 0 Å². The van der Waals surface area contributed by atoms with Gasteiger partial charge in [-0.25, -0.2) is 0 Å². The Bertz CT molecular complexity index is 394. The summed E-state index contributed by atoms with van der Waals surface area (Å²) in [6.45, 7) is 8.58. The minimum atomic E-state index is 0. The maximum absolute atomic E-state index is 4.66. The minimum Gasteiger partial charge on any atom is -0.357 e. The summed E-state index contributed by atoms with van der Waals surface area (Å²) in [5.74, 6) is 3.04. The summed E-state index contributed by atoms with van der Waals surface area (Å²) >= 11 is 3.68. The predicted molar refractivity (Wildman–Crippen MR) is 110 cm³/mol. The van der Waals surface area contributed by atoms with E-state index in [1.807, 2.05) is 29.2 Å². The Kier molecular flexibility index (Phi) is 13.3. The molecule has 0 aliphatic rings. The number of hydrogen-bond donors (Lipinski definition) is 1. The number of nitrogens with zero attached hydrogens (tertiary/aromatic N) is 2. The molecule has 1 aromatic heterocycles. The number of halogens is 1. The van der Waals surface area contributed by atoms with Gasteiger partial charge in [0.25, 0.3) is 0 Å². The number of thiophene rings is 1. The smallest absolute Gasteiger partial charge is 0.193 e. The average Bonchev–Trinajstić information content (AvgIpc) is 2.96. The Morgan fingerprint density at radius 3 is 3.00 bits per heavy atom. The van der Waals surface area contributed by atoms with Gasteiger partial charge in [-0.15, -0.1) is 41.9 Å². The molecule has 0 saturated heterocycles. The molecule has 21 heavy (non-hydrogen) atoms. The number of likely N-dealkylation sites (N-methyl/N-ethyl adjacent to an activating group) is 1. The molecular weight excluding hydrogens is 413 g/mol. The fourth-order valence-electron chi connectivity index (χ4n) is 1.69. The van der Waals surface area contributed by atoms with Crippen molar-refractivity contribution in [1.29, 1.82) is 0 Å². The molecule has 0 aliphatic carbocycles. The molecule has 6 heteroatoms. The number of nitrogens with one attached hydrogen (secondary N) is 1. The van der Waals surface area contributed by atoms with Crippen LogP contribution >= 0.6 is 47.1 Å². The van der Waals surface area contributed by atoms with Crippen molar-refractivity contribution in [3.63, 3.8) is 0 Å². The van der Waals surface area contributed by atoms with Crippen LogP contribution < -0.4 is 5.32 Å². The first-order chi connectivity index (χ1) is 9.77. The maximum atomic E-state index is 4.66. The van der Waals surface area contributed by atoms with Crippen molar-refractivity contribution in [2.24, 2.45) is 4.99 Å². The van der Waals surface area contributed by atoms with Crippen molar-refractivity contribution in [3.8, 4) is 0 Å². The van der Waals surface area contributed by atoms with Crippen LogP contribution in [-0.4, -0.2) is 49.0 Å². The molecule has 0 spiro atoms. The van der Waals surface area contributed by atoms with Gasteiger partial charge in [0.1, 0.15) is 0 Å². The van der Waals surface area contributed by atoms with Crippen molar-refractivity contribution in [1.82, 2.24) is 10.2 Å². The van der Waals surface area contributed by atoms with Gasteiger partial charge in [-0.3, -0.25) is 4.99 Å². The lowest BCUT2D eigenvalue weighted by Crippen LogP contribution is -2.40. The molecule has 1 heterocycles. The van der Waals surface area contributed by atoms with Crippen LogP contribution in [0, 0.1) is 0 Å². The molecule has 0 aromatic carbocycles. The van der Waals surface area contributed by atoms with Crippen LogP contribution in [0.3, 0.4) is 0 Å². The first kappa shape index (κ1) is 20.8. The number of rotatable bonds is 9. The monoisotopic (exact) mass is 439 g/mol. The second-order valence-corrected chi connectivity index (χ2v) is 6.53. The Hall–Kier alpha value is -0.210. The van der Waals surface area contributed by atoms with Gasteiger partial charge < -0.3 is 10.2 Å². The van der Waals surface area contributed by atoms with Crippen LogP contribution in [0.1, 0.15) is 11.8 Å². The van der Waals surface area contributed by atoms with Gasteiger partial charge in [0.15, 0.2) is 5.96 Å². The molecule has 1 aromatic rings. The first-order valence-electron chi connectivity index (χ1n) is 6.98. The molecular formula is C15H26IN3S2. The summed E-state index contributed by atoms with van der Waals surface area (Å²) in [6.07, 6.45) is 3.01. The van der Waals surface area contributed by atoms with Crippen molar-refractivity contribution in [2.75, 3.05) is 38.2 Å². The van der Waals surface area contributed by atoms with Gasteiger partial charge in [0, 0.05) is 36.5 Å². The lowest BCUT2D eigenvalue weighted by atomic mass is 10.3. The number of aliphatic imine (C=N–C) groups is 1. The molecule has 0 radical (unpaired) electrons. The van der Waals surface area contributed by atoms with E-state index in [0.717, 1.165) is 43.5 Å². The molecule has 1 N–H and O–H groups in total. The van der Waals surface area contributed by atoms with Gasteiger partial charge in [0.05, 0.1) is 6.54 Å². The largest absolute Gasteiger partial charge is 0.357 e. The van der Waals surface area contributed by atoms with Crippen LogP contribution in [0.25, 0.3) is 0 Å². The molecule has 0 aliphatic heterocycles. The normalized spacial score (nSPS) is 10.9. The number of thioether (sulfide) groups is 1. The van der Waals surface area contributed by atoms with E-state index in [-0.39, 0.29) is 24.0 Å². The molecule has 3 nitrogen and oxygen atoms in total. The number of guanidine groups is 1. The Balaban J connectivity index is 0.00000400. The Labute approximate surface area is 154 Å². The van der Waals surface area contributed by atoms with Crippen molar-refractivity contribution in [3.05, 3.63) is 35.0 Å². The van der Waals surface area contributed by atoms with Crippen molar-refractivity contribution >= 4 is 53.0 Å². The highest BCUT2D eigenvalue weighted by molar-refractivity contribution is 14.0. The molecule has 0 unspecified atom stereocenters. The minimum absolute atomic E-state index is 0. The molecule has 0 fully saturated rings. The third-order valence-corrected chi connectivity index (χ3v) is 4.58. The quantitative estimate of drug-likeness (QED) is 0.209. The predicted octanol–water partition coefficient (Wildman–Crippen LogP) is 3.73. The fraction of sp³-hybridized carbons (Fsp3) is 0.533. The zero-order chi connectivity index (χ0) is 14.6. The summed E-state index contributed by atoms with van der Waals surface area (Å²) in [5.41, 5.74) is 0. The van der Waals surface area contributed by atoms with E-state index in [4.69, 9.17) is 0 Å². The van der Waals surface area contributed by atoms with Crippen molar-refractivity contribution in [2.45, 2.75) is 13.3 Å². The van der Waals surface area contributed by atoms with Gasteiger partial charge in [-0.1, -0.05) is 12.1 Å². The molecule has 0 saturated carbocycles. The average molecular weight is 439 g/mol. The van der Waals surface area contributed by atoms with Gasteiger partial charge in [-0.05, 0) is 24.8 Å². The summed E-state index contributed by atoms with van der Waals surface area (Å²) in [4.78, 5) is 8.30. The summed E-state index contributed by atoms with van der Waals surface area (Å²) < 4.78 is 0. The zero-order valence-corrected chi connectivity index (χ0v) is 16.8. The maximum Gasteiger partial charge on any atom is 0.193 e. The van der Waals surface area contributed by atoms with E-state index >= 15 is 0 Å². The fourth-order valence-corrected chi connectivity index (χ4v) is 2.94. The van der Waals surface area contributed by atoms with Crippen molar-refractivity contribution < 1.29 is 0 Å². The number of hydrogen-bond acceptors (Lipinski definition) is 3. The molecule has 0 bridgehead atoms. The van der Waals surface area contributed by atoms with Gasteiger partial charge in [0.2, 0.25) is 0 Å².